The molecule has 1 aromatic carbocycles. The zero-order valence-corrected chi connectivity index (χ0v) is 12.7. The Morgan fingerprint density at radius 1 is 0.917 bits per heavy atom. The Balaban J connectivity index is 1.62. The Morgan fingerprint density at radius 3 is 2.42 bits per heavy atom. The zero-order valence-electron chi connectivity index (χ0n) is 12.7. The molecule has 4 rings (SSSR count). The number of hydrogen-bond acceptors (Lipinski definition) is 5. The molecule has 1 aliphatic heterocycles. The number of hydrogen-bond donors (Lipinski definition) is 0. The van der Waals surface area contributed by atoms with Crippen LogP contribution in [0.5, 0.6) is 0 Å². The summed E-state index contributed by atoms with van der Waals surface area (Å²) in [5, 5.41) is 0. The number of halogens is 2. The van der Waals surface area contributed by atoms with E-state index in [4.69, 9.17) is 0 Å². The second-order valence-electron chi connectivity index (χ2n) is 5.54. The highest BCUT2D eigenvalue weighted by molar-refractivity contribution is 5.50. The van der Waals surface area contributed by atoms with Crippen LogP contribution in [-0.4, -0.2) is 26.5 Å². The topological polar surface area (TPSA) is 54.8 Å². The van der Waals surface area contributed by atoms with Crippen LogP contribution in [0.3, 0.4) is 0 Å². The molecule has 0 amide bonds. The second kappa shape index (κ2) is 5.92. The fraction of sp³-hybridized carbons (Fsp3) is 0.176. The van der Waals surface area contributed by atoms with E-state index in [-0.39, 0.29) is 0 Å². The first-order valence-corrected chi connectivity index (χ1v) is 7.52. The molecule has 0 saturated carbocycles. The van der Waals surface area contributed by atoms with Crippen LogP contribution in [0, 0.1) is 11.6 Å². The molecular weight excluding hydrogens is 312 g/mol. The molecule has 0 aliphatic carbocycles. The van der Waals surface area contributed by atoms with Crippen LogP contribution in [0.4, 0.5) is 14.5 Å². The lowest BCUT2D eigenvalue weighted by atomic mass is 10.1. The first kappa shape index (κ1) is 14.6. The molecule has 3 heterocycles. The van der Waals surface area contributed by atoms with Crippen molar-refractivity contribution in [3.05, 3.63) is 65.7 Å². The summed E-state index contributed by atoms with van der Waals surface area (Å²) in [6.45, 7) is 1.14. The highest BCUT2D eigenvalue weighted by Gasteiger charge is 2.20. The van der Waals surface area contributed by atoms with Gasteiger partial charge in [0, 0.05) is 55.4 Å². The predicted molar refractivity (Wildman–Crippen MR) is 84.2 cm³/mol. The van der Waals surface area contributed by atoms with Crippen LogP contribution < -0.4 is 4.90 Å². The minimum atomic E-state index is -0.580. The van der Waals surface area contributed by atoms with Crippen molar-refractivity contribution in [2.75, 3.05) is 11.4 Å². The van der Waals surface area contributed by atoms with Crippen molar-refractivity contribution in [3.8, 4) is 11.6 Å². The van der Waals surface area contributed by atoms with Gasteiger partial charge in [-0.05, 0) is 18.2 Å². The lowest BCUT2D eigenvalue weighted by Crippen LogP contribution is -2.31. The van der Waals surface area contributed by atoms with Crippen molar-refractivity contribution in [1.82, 2.24) is 19.9 Å². The molecule has 5 nitrogen and oxygen atoms in total. The van der Waals surface area contributed by atoms with E-state index in [9.17, 15) is 8.78 Å². The van der Waals surface area contributed by atoms with Crippen molar-refractivity contribution < 1.29 is 8.78 Å². The van der Waals surface area contributed by atoms with Gasteiger partial charge in [0.1, 0.15) is 11.6 Å². The highest BCUT2D eigenvalue weighted by atomic mass is 19.1. The molecule has 0 unspecified atom stereocenters. The second-order valence-corrected chi connectivity index (χ2v) is 5.54. The smallest absolute Gasteiger partial charge is 0.197 e. The number of nitrogens with zero attached hydrogens (tertiary/aromatic N) is 5. The molecule has 0 bridgehead atoms. The fourth-order valence-corrected chi connectivity index (χ4v) is 2.78. The highest BCUT2D eigenvalue weighted by Crippen LogP contribution is 2.25. The third-order valence-electron chi connectivity index (χ3n) is 3.91. The fourth-order valence-electron chi connectivity index (χ4n) is 2.78. The Kier molecular flexibility index (Phi) is 3.60. The molecule has 0 saturated heterocycles. The van der Waals surface area contributed by atoms with Crippen LogP contribution in [0.15, 0.2) is 42.9 Å². The number of aromatic nitrogens is 4. The van der Waals surface area contributed by atoms with Gasteiger partial charge in [0.05, 0.1) is 5.69 Å². The van der Waals surface area contributed by atoms with E-state index in [0.717, 1.165) is 17.3 Å². The molecule has 2 aromatic heterocycles. The van der Waals surface area contributed by atoms with Crippen molar-refractivity contribution in [3.63, 3.8) is 0 Å². The molecule has 7 heteroatoms. The maximum atomic E-state index is 13.4. The van der Waals surface area contributed by atoms with Crippen molar-refractivity contribution in [2.45, 2.75) is 13.0 Å². The summed E-state index contributed by atoms with van der Waals surface area (Å²) in [4.78, 5) is 19.1. The van der Waals surface area contributed by atoms with Crippen LogP contribution in [0.2, 0.25) is 0 Å². The lowest BCUT2D eigenvalue weighted by Gasteiger charge is -2.30. The minimum absolute atomic E-state index is 0.481. The summed E-state index contributed by atoms with van der Waals surface area (Å²) in [5.74, 6) is -0.193. The molecular formula is C17H13F2N5. The summed E-state index contributed by atoms with van der Waals surface area (Å²) in [7, 11) is 0. The number of rotatable bonds is 2. The van der Waals surface area contributed by atoms with Crippen molar-refractivity contribution in [1.29, 1.82) is 0 Å². The van der Waals surface area contributed by atoms with Gasteiger partial charge in [-0.1, -0.05) is 0 Å². The third kappa shape index (κ3) is 2.80. The van der Waals surface area contributed by atoms with E-state index in [1.54, 1.807) is 24.7 Å². The molecule has 1 aliphatic rings. The van der Waals surface area contributed by atoms with Crippen LogP contribution in [0.1, 0.15) is 11.3 Å². The van der Waals surface area contributed by atoms with E-state index in [1.165, 1.54) is 12.1 Å². The van der Waals surface area contributed by atoms with E-state index in [1.807, 2.05) is 4.90 Å². The molecule has 0 N–H and O–H groups in total. The Labute approximate surface area is 137 Å². The SMILES string of the molecule is Fc1cc(F)cc(N2CCc3nc(-c4ncccn4)ncc3C2)c1. The van der Waals surface area contributed by atoms with Gasteiger partial charge in [0.25, 0.3) is 0 Å². The summed E-state index contributed by atoms with van der Waals surface area (Å²) >= 11 is 0. The minimum Gasteiger partial charge on any atom is -0.367 e. The number of benzene rings is 1. The van der Waals surface area contributed by atoms with E-state index in [2.05, 4.69) is 19.9 Å². The van der Waals surface area contributed by atoms with Crippen LogP contribution in [-0.2, 0) is 13.0 Å². The molecule has 120 valence electrons. The third-order valence-corrected chi connectivity index (χ3v) is 3.91. The van der Waals surface area contributed by atoms with E-state index >= 15 is 0 Å². The van der Waals surface area contributed by atoms with Gasteiger partial charge >= 0.3 is 0 Å². The molecule has 0 atom stereocenters. The summed E-state index contributed by atoms with van der Waals surface area (Å²) in [6.07, 6.45) is 5.68. The molecule has 3 aromatic rings. The van der Waals surface area contributed by atoms with Crippen LogP contribution in [0.25, 0.3) is 11.6 Å². The summed E-state index contributed by atoms with van der Waals surface area (Å²) in [5.41, 5.74) is 2.37. The van der Waals surface area contributed by atoms with Gasteiger partial charge in [0.15, 0.2) is 11.6 Å². The standard InChI is InChI=1S/C17H13F2N5/c18-12-6-13(19)8-14(7-12)24-5-2-15-11(10-24)9-22-17(23-15)16-20-3-1-4-21-16/h1,3-4,6-9H,2,5,10H2. The predicted octanol–water partition coefficient (Wildman–Crippen LogP) is 2.77. The van der Waals surface area contributed by atoms with Gasteiger partial charge in [-0.25, -0.2) is 28.7 Å². The zero-order chi connectivity index (χ0) is 16.5. The maximum Gasteiger partial charge on any atom is 0.197 e. The van der Waals surface area contributed by atoms with E-state index < -0.39 is 11.6 Å². The Hall–Kier alpha value is -2.96. The molecule has 0 radical (unpaired) electrons. The van der Waals surface area contributed by atoms with Crippen molar-refractivity contribution >= 4 is 5.69 Å². The molecule has 24 heavy (non-hydrogen) atoms. The van der Waals surface area contributed by atoms with Crippen molar-refractivity contribution in [2.24, 2.45) is 0 Å². The maximum absolute atomic E-state index is 13.4. The first-order valence-electron chi connectivity index (χ1n) is 7.52. The molecule has 0 spiro atoms. The summed E-state index contributed by atoms with van der Waals surface area (Å²) < 4.78 is 26.8. The first-order chi connectivity index (χ1) is 11.7. The largest absolute Gasteiger partial charge is 0.367 e. The average molecular weight is 325 g/mol. The Morgan fingerprint density at radius 2 is 1.67 bits per heavy atom. The van der Waals surface area contributed by atoms with Gasteiger partial charge in [-0.3, -0.25) is 0 Å². The van der Waals surface area contributed by atoms with Gasteiger partial charge in [-0.2, -0.15) is 0 Å². The number of fused-ring (bicyclic) bond motifs is 1. The Bertz CT molecular complexity index is 865. The summed E-state index contributed by atoms with van der Waals surface area (Å²) in [6, 6.07) is 5.27. The normalized spacial score (nSPS) is 13.7. The van der Waals surface area contributed by atoms with Gasteiger partial charge in [-0.15, -0.1) is 0 Å². The number of anilines is 1. The monoisotopic (exact) mass is 325 g/mol. The molecule has 0 fully saturated rings. The van der Waals surface area contributed by atoms with Crippen LogP contribution >= 0.6 is 0 Å². The average Bonchev–Trinajstić information content (AvgIpc) is 2.61. The van der Waals surface area contributed by atoms with Gasteiger partial charge < -0.3 is 4.90 Å². The quantitative estimate of drug-likeness (QED) is 0.725. The van der Waals surface area contributed by atoms with E-state index in [0.29, 0.717) is 36.8 Å². The lowest BCUT2D eigenvalue weighted by molar-refractivity contribution is 0.580. The van der Waals surface area contributed by atoms with Gasteiger partial charge in [0.2, 0.25) is 0 Å².